The van der Waals surface area contributed by atoms with Crippen molar-refractivity contribution in [1.82, 2.24) is 0 Å². The van der Waals surface area contributed by atoms with Crippen LogP contribution >= 0.6 is 0 Å². The van der Waals surface area contributed by atoms with Gasteiger partial charge in [0.05, 0.1) is 12.7 Å². The summed E-state index contributed by atoms with van der Waals surface area (Å²) in [6, 6.07) is 6.61. The van der Waals surface area contributed by atoms with Crippen LogP contribution in [0.1, 0.15) is 5.56 Å². The zero-order valence-corrected chi connectivity index (χ0v) is 9.51. The van der Waals surface area contributed by atoms with Crippen LogP contribution < -0.4 is 10.1 Å². The Morgan fingerprint density at radius 2 is 2.17 bits per heavy atom. The van der Waals surface area contributed by atoms with E-state index in [4.69, 9.17) is 15.1 Å². The number of carbonyl (C=O) groups excluding carboxylic acids is 1. The van der Waals surface area contributed by atoms with Gasteiger partial charge in [-0.25, -0.2) is 4.79 Å². The molecule has 6 nitrogen and oxygen atoms in total. The fraction of sp³-hybridized carbons (Fsp3) is 0.0833. The van der Waals surface area contributed by atoms with Gasteiger partial charge in [-0.2, -0.15) is 5.26 Å². The number of hydrogen-bond acceptors (Lipinski definition) is 4. The van der Waals surface area contributed by atoms with Crippen molar-refractivity contribution in [3.05, 3.63) is 35.9 Å². The molecule has 2 N–H and O–H groups in total. The minimum atomic E-state index is -1.23. The van der Waals surface area contributed by atoms with Gasteiger partial charge in [0.2, 0.25) is 5.91 Å². The lowest BCUT2D eigenvalue weighted by Crippen LogP contribution is -2.11. The molecule has 1 aromatic rings. The number of carboxylic acid groups (broad SMARTS) is 1. The highest BCUT2D eigenvalue weighted by molar-refractivity contribution is 6.03. The second kappa shape index (κ2) is 6.06. The van der Waals surface area contributed by atoms with Crippen molar-refractivity contribution in [2.24, 2.45) is 0 Å². The summed E-state index contributed by atoms with van der Waals surface area (Å²) in [5, 5.41) is 19.7. The summed E-state index contributed by atoms with van der Waals surface area (Å²) < 4.78 is 5.01. The molecule has 0 aliphatic rings. The third-order valence-electron chi connectivity index (χ3n) is 1.99. The minimum Gasteiger partial charge on any atom is -0.495 e. The van der Waals surface area contributed by atoms with Gasteiger partial charge in [0.1, 0.15) is 17.5 Å². The summed E-state index contributed by atoms with van der Waals surface area (Å²) in [4.78, 5) is 21.7. The van der Waals surface area contributed by atoms with Crippen LogP contribution in [-0.2, 0) is 9.59 Å². The van der Waals surface area contributed by atoms with E-state index in [9.17, 15) is 9.59 Å². The van der Waals surface area contributed by atoms with Crippen LogP contribution in [0, 0.1) is 11.3 Å². The number of carbonyl (C=O) groups is 2. The second-order valence-electron chi connectivity index (χ2n) is 3.16. The summed E-state index contributed by atoms with van der Waals surface area (Å²) in [5.74, 6) is -1.56. The first-order valence-corrected chi connectivity index (χ1v) is 4.87. The average Bonchev–Trinajstić information content (AvgIpc) is 2.36. The molecule has 0 atom stereocenters. The highest BCUT2D eigenvalue weighted by atomic mass is 16.5. The number of para-hydroxylation sites is 1. The maximum Gasteiger partial charge on any atom is 0.328 e. The molecular weight excluding hydrogens is 236 g/mol. The molecule has 6 heteroatoms. The summed E-state index contributed by atoms with van der Waals surface area (Å²) in [6.07, 6.45) is 1.56. The van der Waals surface area contributed by atoms with Gasteiger partial charge in [0, 0.05) is 12.2 Å². The van der Waals surface area contributed by atoms with Gasteiger partial charge >= 0.3 is 5.97 Å². The second-order valence-corrected chi connectivity index (χ2v) is 3.16. The number of hydrogen-bond donors (Lipinski definition) is 2. The van der Waals surface area contributed by atoms with Crippen LogP contribution in [0.3, 0.4) is 0 Å². The number of nitriles is 1. The fourth-order valence-electron chi connectivity index (χ4n) is 1.24. The van der Waals surface area contributed by atoms with E-state index in [1.807, 2.05) is 6.07 Å². The van der Waals surface area contributed by atoms with Crippen molar-refractivity contribution < 1.29 is 19.4 Å². The van der Waals surface area contributed by atoms with Gasteiger partial charge in [-0.1, -0.05) is 6.07 Å². The Hall–Kier alpha value is -2.81. The molecule has 0 aliphatic heterocycles. The van der Waals surface area contributed by atoms with Crippen molar-refractivity contribution in [1.29, 1.82) is 5.26 Å². The normalized spacial score (nSPS) is 9.78. The highest BCUT2D eigenvalue weighted by Gasteiger charge is 2.10. The SMILES string of the molecule is COc1cccc(C#N)c1NC(=O)/C=C/C(=O)O. The number of methoxy groups -OCH3 is 1. The zero-order valence-electron chi connectivity index (χ0n) is 9.51. The van der Waals surface area contributed by atoms with E-state index in [1.54, 1.807) is 12.1 Å². The number of anilines is 1. The van der Waals surface area contributed by atoms with E-state index < -0.39 is 11.9 Å². The Labute approximate surface area is 103 Å². The van der Waals surface area contributed by atoms with Crippen LogP contribution in [0.2, 0.25) is 0 Å². The maximum atomic E-state index is 11.4. The van der Waals surface area contributed by atoms with E-state index in [0.717, 1.165) is 6.08 Å². The first-order chi connectivity index (χ1) is 8.58. The number of benzene rings is 1. The zero-order chi connectivity index (χ0) is 13.5. The number of rotatable bonds is 4. The third kappa shape index (κ3) is 3.35. The molecule has 0 heterocycles. The molecule has 0 bridgehead atoms. The Morgan fingerprint density at radius 1 is 1.44 bits per heavy atom. The molecular formula is C12H10N2O4. The third-order valence-corrected chi connectivity index (χ3v) is 1.99. The van der Waals surface area contributed by atoms with E-state index in [0.29, 0.717) is 11.8 Å². The Morgan fingerprint density at radius 3 is 2.72 bits per heavy atom. The fourth-order valence-corrected chi connectivity index (χ4v) is 1.24. The molecule has 0 radical (unpaired) electrons. The molecule has 0 spiro atoms. The van der Waals surface area contributed by atoms with Crippen LogP contribution in [-0.4, -0.2) is 24.1 Å². The van der Waals surface area contributed by atoms with E-state index >= 15 is 0 Å². The Kier molecular flexibility index (Phi) is 4.46. The minimum absolute atomic E-state index is 0.211. The van der Waals surface area contributed by atoms with Crippen LogP contribution in [0.5, 0.6) is 5.75 Å². The van der Waals surface area contributed by atoms with Crippen molar-refractivity contribution in [2.45, 2.75) is 0 Å². The number of nitrogens with zero attached hydrogens (tertiary/aromatic N) is 1. The molecule has 0 aromatic heterocycles. The topological polar surface area (TPSA) is 99.4 Å². The summed E-state index contributed by atoms with van der Waals surface area (Å²) in [7, 11) is 1.40. The molecule has 1 amide bonds. The highest BCUT2D eigenvalue weighted by Crippen LogP contribution is 2.27. The first-order valence-electron chi connectivity index (χ1n) is 4.87. The van der Waals surface area contributed by atoms with Crippen LogP contribution in [0.25, 0.3) is 0 Å². The van der Waals surface area contributed by atoms with Gasteiger partial charge in [0.25, 0.3) is 0 Å². The molecule has 18 heavy (non-hydrogen) atoms. The Balaban J connectivity index is 3.00. The first kappa shape index (κ1) is 13.3. The van der Waals surface area contributed by atoms with Crippen LogP contribution in [0.15, 0.2) is 30.4 Å². The van der Waals surface area contributed by atoms with Crippen molar-refractivity contribution >= 4 is 17.6 Å². The molecule has 0 aliphatic carbocycles. The average molecular weight is 246 g/mol. The Bertz CT molecular complexity index is 543. The lowest BCUT2D eigenvalue weighted by atomic mass is 10.1. The van der Waals surface area contributed by atoms with Gasteiger partial charge in [-0.05, 0) is 12.1 Å². The molecule has 1 aromatic carbocycles. The van der Waals surface area contributed by atoms with Gasteiger partial charge in [-0.3, -0.25) is 4.79 Å². The van der Waals surface area contributed by atoms with E-state index in [1.165, 1.54) is 13.2 Å². The molecule has 92 valence electrons. The summed E-state index contributed by atoms with van der Waals surface area (Å²) in [6.45, 7) is 0. The van der Waals surface area contributed by atoms with Crippen LogP contribution in [0.4, 0.5) is 5.69 Å². The summed E-state index contributed by atoms with van der Waals surface area (Å²) >= 11 is 0. The lowest BCUT2D eigenvalue weighted by Gasteiger charge is -2.09. The number of amides is 1. The monoisotopic (exact) mass is 246 g/mol. The maximum absolute atomic E-state index is 11.4. The van der Waals surface area contributed by atoms with Gasteiger partial charge in [0.15, 0.2) is 0 Å². The van der Waals surface area contributed by atoms with Crippen molar-refractivity contribution in [2.75, 3.05) is 12.4 Å². The number of carboxylic acids is 1. The van der Waals surface area contributed by atoms with Gasteiger partial charge in [-0.15, -0.1) is 0 Å². The number of aliphatic carboxylic acids is 1. The number of ether oxygens (including phenoxy) is 1. The van der Waals surface area contributed by atoms with E-state index in [2.05, 4.69) is 5.32 Å². The standard InChI is InChI=1S/C12H10N2O4/c1-18-9-4-2-3-8(7-13)12(9)14-10(15)5-6-11(16)17/h2-6H,1H3,(H,14,15)(H,16,17)/b6-5+. The number of nitrogens with one attached hydrogen (secondary N) is 1. The molecule has 0 fully saturated rings. The quantitative estimate of drug-likeness (QED) is 0.776. The van der Waals surface area contributed by atoms with E-state index in [-0.39, 0.29) is 11.3 Å². The largest absolute Gasteiger partial charge is 0.495 e. The predicted molar refractivity (Wildman–Crippen MR) is 63.1 cm³/mol. The van der Waals surface area contributed by atoms with Crippen molar-refractivity contribution in [3.63, 3.8) is 0 Å². The summed E-state index contributed by atoms with van der Waals surface area (Å²) in [5.41, 5.74) is 0.439. The smallest absolute Gasteiger partial charge is 0.328 e. The lowest BCUT2D eigenvalue weighted by molar-refractivity contribution is -0.131. The van der Waals surface area contributed by atoms with Crippen molar-refractivity contribution in [3.8, 4) is 11.8 Å². The molecule has 0 unspecified atom stereocenters. The molecule has 0 saturated heterocycles. The molecule has 1 rings (SSSR count). The molecule has 0 saturated carbocycles. The predicted octanol–water partition coefficient (Wildman–Crippen LogP) is 1.15. The van der Waals surface area contributed by atoms with Gasteiger partial charge < -0.3 is 15.2 Å².